The predicted octanol–water partition coefficient (Wildman–Crippen LogP) is 5.38. The Hall–Kier alpha value is -2.14. The highest BCUT2D eigenvalue weighted by molar-refractivity contribution is 7.80. The van der Waals surface area contributed by atoms with Gasteiger partial charge in [0, 0.05) is 28.5 Å². The van der Waals surface area contributed by atoms with Gasteiger partial charge in [-0.25, -0.2) is 9.59 Å². The number of amides is 3. The highest BCUT2D eigenvalue weighted by Gasteiger charge is 2.53. The number of ether oxygens (including phenoxy) is 3. The quantitative estimate of drug-likeness (QED) is 0.292. The number of thiocarbonyl (C=S) groups is 1. The molecule has 7 fully saturated rings. The Morgan fingerprint density at radius 3 is 1.36 bits per heavy atom. The normalized spacial score (nSPS) is 34.4. The van der Waals surface area contributed by atoms with Crippen LogP contribution in [-0.4, -0.2) is 59.1 Å². The monoisotopic (exact) mass is 610 g/mol. The Balaban J connectivity index is 0.000000192. The zero-order valence-electron chi connectivity index (χ0n) is 26.4. The number of fused-ring (bicyclic) bond motifs is 6. The second-order valence-electron chi connectivity index (χ2n) is 13.8. The summed E-state index contributed by atoms with van der Waals surface area (Å²) < 4.78 is 15.4. The van der Waals surface area contributed by atoms with Crippen molar-refractivity contribution in [1.82, 2.24) is 10.6 Å². The molecule has 1 saturated heterocycles. The zero-order valence-corrected chi connectivity index (χ0v) is 27.2. The minimum atomic E-state index is -0.349. The number of carbonyl (C=O) groups is 3. The third kappa shape index (κ3) is 8.71. The van der Waals surface area contributed by atoms with Gasteiger partial charge in [0.2, 0.25) is 5.91 Å². The molecule has 42 heavy (non-hydrogen) atoms. The summed E-state index contributed by atoms with van der Waals surface area (Å²) in [6.45, 7) is 10.5. The fourth-order valence-electron chi connectivity index (χ4n) is 7.14. The van der Waals surface area contributed by atoms with Gasteiger partial charge in [0.1, 0.15) is 0 Å². The first-order valence-corrected chi connectivity index (χ1v) is 16.2. The lowest BCUT2D eigenvalue weighted by Gasteiger charge is -2.52. The topological polar surface area (TPSA) is 155 Å². The average molecular weight is 611 g/mol. The molecule has 7 aliphatic rings. The van der Waals surface area contributed by atoms with E-state index in [9.17, 15) is 14.4 Å². The van der Waals surface area contributed by atoms with Crippen molar-refractivity contribution in [3.05, 3.63) is 0 Å². The van der Waals surface area contributed by atoms with Crippen LogP contribution in [0.1, 0.15) is 125 Å². The fraction of sp³-hybridized carbons (Fsp3) is 0.871. The second kappa shape index (κ2) is 14.1. The predicted molar refractivity (Wildman–Crippen MR) is 166 cm³/mol. The van der Waals surface area contributed by atoms with Crippen molar-refractivity contribution in [2.75, 3.05) is 6.61 Å². The molecule has 1 aliphatic heterocycles. The van der Waals surface area contributed by atoms with Gasteiger partial charge in [-0.15, -0.1) is 0 Å². The van der Waals surface area contributed by atoms with Gasteiger partial charge >= 0.3 is 12.2 Å². The first kappa shape index (κ1) is 34.4. The van der Waals surface area contributed by atoms with Crippen LogP contribution in [0.4, 0.5) is 9.59 Å². The molecule has 6 saturated carbocycles. The van der Waals surface area contributed by atoms with E-state index in [1.54, 1.807) is 0 Å². The summed E-state index contributed by atoms with van der Waals surface area (Å²) in [6, 6.07) is 0. The molecule has 0 spiro atoms. The molecular formula is C31H54N4O6S. The largest absolute Gasteiger partial charge is 0.447 e. The van der Waals surface area contributed by atoms with Crippen molar-refractivity contribution >= 4 is 35.3 Å². The molecule has 0 aromatic heterocycles. The standard InChI is InChI=1S/C13H22N2O3.C13H22N2O2S.C5H10O/c1-9(2)18-11(17)15-13-6-3-12(4-7-13,5-8-13)10(14)16;1-9(2)17-11(16)15-13-6-3-12(4-7-13,5-8-13)10(14)18;1-5-3-2-4-6-5/h9H,3-8H2,1-2H3,(H2,14,16)(H,15,17);9H,3-8H2,1-2H3,(H2,14,18)(H,15,16);5H,2-4H2,1H3. The molecule has 11 heteroatoms. The van der Waals surface area contributed by atoms with E-state index >= 15 is 0 Å². The number of rotatable bonds is 6. The van der Waals surface area contributed by atoms with Crippen LogP contribution >= 0.6 is 12.2 Å². The maximum absolute atomic E-state index is 11.7. The molecule has 10 nitrogen and oxygen atoms in total. The molecule has 0 aromatic carbocycles. The average Bonchev–Trinajstić information content (AvgIpc) is 3.41. The number of carbonyl (C=O) groups excluding carboxylic acids is 3. The molecule has 1 unspecified atom stereocenters. The first-order valence-electron chi connectivity index (χ1n) is 15.8. The van der Waals surface area contributed by atoms with Gasteiger partial charge < -0.3 is 36.3 Å². The van der Waals surface area contributed by atoms with Gasteiger partial charge in [-0.1, -0.05) is 12.2 Å². The molecule has 0 radical (unpaired) electrons. The third-order valence-electron chi connectivity index (χ3n) is 10.1. The Labute approximate surface area is 257 Å². The van der Waals surface area contributed by atoms with Gasteiger partial charge in [0.15, 0.2) is 0 Å². The summed E-state index contributed by atoms with van der Waals surface area (Å²) in [6.07, 6.45) is 12.9. The zero-order chi connectivity index (χ0) is 31.2. The minimum Gasteiger partial charge on any atom is -0.447 e. The van der Waals surface area contributed by atoms with Crippen molar-refractivity contribution < 1.29 is 28.6 Å². The van der Waals surface area contributed by atoms with E-state index in [1.807, 2.05) is 27.7 Å². The summed E-state index contributed by atoms with van der Waals surface area (Å²) in [5.41, 5.74) is 10.8. The Morgan fingerprint density at radius 1 is 0.738 bits per heavy atom. The Kier molecular flexibility index (Phi) is 11.5. The number of nitrogens with one attached hydrogen (secondary N) is 2. The van der Waals surface area contributed by atoms with E-state index in [1.165, 1.54) is 12.8 Å². The second-order valence-corrected chi connectivity index (χ2v) is 14.3. The van der Waals surface area contributed by atoms with Crippen LogP contribution in [0.25, 0.3) is 0 Å². The summed E-state index contributed by atoms with van der Waals surface area (Å²) in [4.78, 5) is 35.6. The molecule has 4 bridgehead atoms. The molecule has 7 rings (SSSR count). The van der Waals surface area contributed by atoms with Crippen molar-refractivity contribution in [3.63, 3.8) is 0 Å². The SMILES string of the molecule is CC(C)OC(=O)NC12CCC(C(N)=O)(CC1)CC2.CC(C)OC(=O)NC12CCC(C(N)=S)(CC1)CC2.CC1CCCO1. The highest BCUT2D eigenvalue weighted by Crippen LogP contribution is 2.53. The maximum Gasteiger partial charge on any atom is 0.407 e. The fourth-order valence-corrected chi connectivity index (χ4v) is 7.45. The van der Waals surface area contributed by atoms with Crippen molar-refractivity contribution in [3.8, 4) is 0 Å². The third-order valence-corrected chi connectivity index (χ3v) is 10.5. The first-order chi connectivity index (χ1) is 19.6. The van der Waals surface area contributed by atoms with Gasteiger partial charge in [0.05, 0.1) is 23.3 Å². The summed E-state index contributed by atoms with van der Waals surface area (Å²) in [5.74, 6) is -0.180. The van der Waals surface area contributed by atoms with Gasteiger partial charge in [0.25, 0.3) is 0 Å². The van der Waals surface area contributed by atoms with Crippen molar-refractivity contribution in [1.29, 1.82) is 0 Å². The van der Waals surface area contributed by atoms with E-state index in [0.717, 1.165) is 83.7 Å². The molecule has 6 N–H and O–H groups in total. The van der Waals surface area contributed by atoms with E-state index in [-0.39, 0.29) is 52.2 Å². The number of alkyl carbamates (subject to hydrolysis) is 2. The maximum atomic E-state index is 11.7. The minimum absolute atomic E-state index is 0.0563. The summed E-state index contributed by atoms with van der Waals surface area (Å²) in [7, 11) is 0. The smallest absolute Gasteiger partial charge is 0.407 e. The van der Waals surface area contributed by atoms with E-state index in [4.69, 9.17) is 37.9 Å². The molecule has 6 aliphatic carbocycles. The van der Waals surface area contributed by atoms with Crippen molar-refractivity contribution in [2.24, 2.45) is 22.3 Å². The Morgan fingerprint density at radius 2 is 1.12 bits per heavy atom. The van der Waals surface area contributed by atoms with Crippen LogP contribution in [0.2, 0.25) is 0 Å². The lowest BCUT2D eigenvalue weighted by molar-refractivity contribution is -0.134. The van der Waals surface area contributed by atoms with Crippen LogP contribution in [0, 0.1) is 10.8 Å². The number of hydrogen-bond acceptors (Lipinski definition) is 7. The number of hydrogen-bond donors (Lipinski definition) is 4. The molecule has 240 valence electrons. The van der Waals surface area contributed by atoms with Crippen molar-refractivity contribution in [2.45, 2.75) is 154 Å². The van der Waals surface area contributed by atoms with E-state index in [2.05, 4.69) is 17.6 Å². The number of primary amides is 1. The molecule has 1 atom stereocenters. The van der Waals surface area contributed by atoms with Gasteiger partial charge in [-0.2, -0.15) is 0 Å². The molecule has 3 amide bonds. The summed E-state index contributed by atoms with van der Waals surface area (Å²) >= 11 is 5.20. The molecule has 1 heterocycles. The Bertz CT molecular complexity index is 861. The lowest BCUT2D eigenvalue weighted by atomic mass is 9.57. The van der Waals surface area contributed by atoms with Crippen LogP contribution in [0.3, 0.4) is 0 Å². The summed E-state index contributed by atoms with van der Waals surface area (Å²) in [5, 5.41) is 6.06. The van der Waals surface area contributed by atoms with Crippen LogP contribution in [0.15, 0.2) is 0 Å². The van der Waals surface area contributed by atoms with E-state index in [0.29, 0.717) is 11.1 Å². The molecule has 0 aromatic rings. The van der Waals surface area contributed by atoms with Crippen LogP contribution < -0.4 is 22.1 Å². The van der Waals surface area contributed by atoms with Gasteiger partial charge in [-0.3, -0.25) is 4.79 Å². The number of nitrogens with two attached hydrogens (primary N) is 2. The van der Waals surface area contributed by atoms with Gasteiger partial charge in [-0.05, 0) is 125 Å². The van der Waals surface area contributed by atoms with E-state index < -0.39 is 0 Å². The molecular weight excluding hydrogens is 556 g/mol. The van der Waals surface area contributed by atoms with Crippen LogP contribution in [0.5, 0.6) is 0 Å². The van der Waals surface area contributed by atoms with Crippen LogP contribution in [-0.2, 0) is 19.0 Å². The highest BCUT2D eigenvalue weighted by atomic mass is 32.1. The lowest BCUT2D eigenvalue weighted by Crippen LogP contribution is -2.59.